The van der Waals surface area contributed by atoms with Gasteiger partial charge >= 0.3 is 0 Å². The van der Waals surface area contributed by atoms with Crippen molar-refractivity contribution >= 4 is 5.82 Å². The number of piperazine rings is 1. The number of anilines is 1. The highest BCUT2D eigenvalue weighted by atomic mass is 15.3. The molecule has 4 heteroatoms. The van der Waals surface area contributed by atoms with E-state index in [4.69, 9.17) is 0 Å². The third-order valence-corrected chi connectivity index (χ3v) is 4.66. The lowest BCUT2D eigenvalue weighted by Crippen LogP contribution is -2.48. The minimum atomic E-state index is 0.868. The van der Waals surface area contributed by atoms with Crippen LogP contribution < -0.4 is 4.90 Å². The van der Waals surface area contributed by atoms with E-state index in [0.29, 0.717) is 0 Å². The summed E-state index contributed by atoms with van der Waals surface area (Å²) in [5, 5.41) is 0. The first-order valence-electron chi connectivity index (χ1n) is 8.28. The maximum atomic E-state index is 4.44. The topological polar surface area (TPSA) is 32.3 Å². The molecule has 0 aromatic carbocycles. The highest BCUT2D eigenvalue weighted by Crippen LogP contribution is 2.21. The second-order valence-corrected chi connectivity index (χ2v) is 6.16. The second-order valence-electron chi connectivity index (χ2n) is 6.16. The summed E-state index contributed by atoms with van der Waals surface area (Å²) in [5.74, 6) is 1.97. The van der Waals surface area contributed by atoms with Crippen LogP contribution in [-0.2, 0) is 6.42 Å². The van der Waals surface area contributed by atoms with Crippen LogP contribution in [0.2, 0.25) is 0 Å². The number of hydrogen-bond acceptors (Lipinski definition) is 4. The van der Waals surface area contributed by atoms with E-state index in [2.05, 4.69) is 44.9 Å². The molecule has 1 aliphatic heterocycles. The Hall–Kier alpha value is -1.42. The lowest BCUT2D eigenvalue weighted by molar-refractivity contribution is 0.211. The van der Waals surface area contributed by atoms with Gasteiger partial charge in [-0.1, -0.05) is 19.1 Å². The van der Waals surface area contributed by atoms with E-state index in [1.807, 2.05) is 0 Å². The van der Waals surface area contributed by atoms with Crippen LogP contribution in [-0.4, -0.2) is 47.6 Å². The first-order chi connectivity index (χ1) is 10.3. The number of aromatic nitrogens is 2. The Kier molecular flexibility index (Phi) is 4.86. The molecule has 2 aliphatic rings. The fourth-order valence-corrected chi connectivity index (χ4v) is 3.30. The van der Waals surface area contributed by atoms with Crippen LogP contribution in [0.25, 0.3) is 0 Å². The summed E-state index contributed by atoms with van der Waals surface area (Å²) in [6, 6.07) is 2.14. The molecule has 4 nitrogen and oxygen atoms in total. The van der Waals surface area contributed by atoms with Gasteiger partial charge in [-0.25, -0.2) is 9.97 Å². The fourth-order valence-electron chi connectivity index (χ4n) is 3.30. The van der Waals surface area contributed by atoms with Crippen molar-refractivity contribution in [2.45, 2.75) is 32.6 Å². The molecule has 1 aliphatic carbocycles. The van der Waals surface area contributed by atoms with Crippen molar-refractivity contribution in [2.75, 3.05) is 37.6 Å². The maximum absolute atomic E-state index is 4.44. The van der Waals surface area contributed by atoms with Gasteiger partial charge in [0.1, 0.15) is 12.1 Å². The Morgan fingerprint density at radius 2 is 2.00 bits per heavy atom. The summed E-state index contributed by atoms with van der Waals surface area (Å²) >= 11 is 0. The van der Waals surface area contributed by atoms with Crippen molar-refractivity contribution in [3.05, 3.63) is 30.2 Å². The third kappa shape index (κ3) is 3.82. The molecule has 0 bridgehead atoms. The minimum absolute atomic E-state index is 0.868. The van der Waals surface area contributed by atoms with Gasteiger partial charge in [-0.2, -0.15) is 0 Å². The van der Waals surface area contributed by atoms with Gasteiger partial charge < -0.3 is 4.90 Å². The molecular weight excluding hydrogens is 260 g/mol. The molecule has 2 heterocycles. The smallest absolute Gasteiger partial charge is 0.132 e. The predicted molar refractivity (Wildman–Crippen MR) is 86.5 cm³/mol. The normalized spacial score (nSPS) is 23.5. The monoisotopic (exact) mass is 286 g/mol. The van der Waals surface area contributed by atoms with E-state index in [9.17, 15) is 0 Å². The summed E-state index contributed by atoms with van der Waals surface area (Å²) in [6.07, 6.45) is 11.3. The summed E-state index contributed by atoms with van der Waals surface area (Å²) in [6.45, 7) is 7.90. The highest BCUT2D eigenvalue weighted by Gasteiger charge is 2.21. The van der Waals surface area contributed by atoms with Crippen molar-refractivity contribution in [3.8, 4) is 0 Å². The highest BCUT2D eigenvalue weighted by molar-refractivity contribution is 5.39. The van der Waals surface area contributed by atoms with E-state index >= 15 is 0 Å². The lowest BCUT2D eigenvalue weighted by atomic mass is 9.94. The van der Waals surface area contributed by atoms with E-state index in [-0.39, 0.29) is 0 Å². The van der Waals surface area contributed by atoms with Gasteiger partial charge in [-0.3, -0.25) is 4.90 Å². The van der Waals surface area contributed by atoms with Crippen LogP contribution in [0.3, 0.4) is 0 Å². The number of nitrogens with zero attached hydrogens (tertiary/aromatic N) is 4. The van der Waals surface area contributed by atoms with Crippen LogP contribution in [0, 0.1) is 5.92 Å². The zero-order chi connectivity index (χ0) is 14.5. The zero-order valence-electron chi connectivity index (χ0n) is 13.0. The third-order valence-electron chi connectivity index (χ3n) is 4.66. The molecule has 1 fully saturated rings. The summed E-state index contributed by atoms with van der Waals surface area (Å²) in [5.41, 5.74) is 1.14. The zero-order valence-corrected chi connectivity index (χ0v) is 13.0. The Morgan fingerprint density at radius 3 is 2.71 bits per heavy atom. The van der Waals surface area contributed by atoms with Gasteiger partial charge in [-0.05, 0) is 31.6 Å². The van der Waals surface area contributed by atoms with Crippen LogP contribution in [0.5, 0.6) is 0 Å². The van der Waals surface area contributed by atoms with Crippen LogP contribution >= 0.6 is 0 Å². The number of allylic oxidation sites excluding steroid dienone is 2. The molecule has 1 aromatic heterocycles. The van der Waals surface area contributed by atoms with Crippen molar-refractivity contribution in [1.29, 1.82) is 0 Å². The standard InChI is InChI=1S/C17H26N4/c1-2-16-12-17(19-14-18-16)21-10-8-20(9-11-21)13-15-6-4-3-5-7-15/h3-4,12,14-15H,2,5-11,13H2,1H3. The molecule has 0 amide bonds. The molecule has 1 atom stereocenters. The molecule has 1 unspecified atom stereocenters. The fraction of sp³-hybridized carbons (Fsp3) is 0.647. The average Bonchev–Trinajstić information content (AvgIpc) is 2.56. The van der Waals surface area contributed by atoms with Crippen molar-refractivity contribution in [1.82, 2.24) is 14.9 Å². The van der Waals surface area contributed by atoms with E-state index in [1.165, 1.54) is 25.8 Å². The Bertz CT molecular complexity index is 477. The van der Waals surface area contributed by atoms with Crippen molar-refractivity contribution in [2.24, 2.45) is 5.92 Å². The molecule has 0 N–H and O–H groups in total. The predicted octanol–water partition coefficient (Wildman–Crippen LogP) is 2.52. The van der Waals surface area contributed by atoms with Gasteiger partial charge in [0, 0.05) is 44.5 Å². The minimum Gasteiger partial charge on any atom is -0.354 e. The average molecular weight is 286 g/mol. The number of rotatable bonds is 4. The van der Waals surface area contributed by atoms with Gasteiger partial charge in [-0.15, -0.1) is 0 Å². The van der Waals surface area contributed by atoms with E-state index in [0.717, 1.165) is 50.0 Å². The van der Waals surface area contributed by atoms with E-state index in [1.54, 1.807) is 6.33 Å². The Labute approximate surface area is 127 Å². The molecule has 0 spiro atoms. The Morgan fingerprint density at radius 1 is 1.14 bits per heavy atom. The first-order valence-corrected chi connectivity index (χ1v) is 8.28. The molecule has 114 valence electrons. The number of aryl methyl sites for hydroxylation is 1. The molecule has 1 aromatic rings. The molecule has 0 radical (unpaired) electrons. The molecule has 3 rings (SSSR count). The van der Waals surface area contributed by atoms with Gasteiger partial charge in [0.25, 0.3) is 0 Å². The molecule has 21 heavy (non-hydrogen) atoms. The molecule has 0 saturated carbocycles. The second kappa shape index (κ2) is 7.03. The SMILES string of the molecule is CCc1cc(N2CCN(CC3CC=CCC3)CC2)ncn1. The lowest BCUT2D eigenvalue weighted by Gasteiger charge is -2.37. The quantitative estimate of drug-likeness (QED) is 0.796. The largest absolute Gasteiger partial charge is 0.354 e. The van der Waals surface area contributed by atoms with Gasteiger partial charge in [0.05, 0.1) is 0 Å². The van der Waals surface area contributed by atoms with Crippen molar-refractivity contribution < 1.29 is 0 Å². The van der Waals surface area contributed by atoms with Crippen molar-refractivity contribution in [3.63, 3.8) is 0 Å². The van der Waals surface area contributed by atoms with Crippen LogP contribution in [0.4, 0.5) is 5.82 Å². The first kappa shape index (κ1) is 14.5. The van der Waals surface area contributed by atoms with Crippen LogP contribution in [0.15, 0.2) is 24.5 Å². The molecular formula is C17H26N4. The maximum Gasteiger partial charge on any atom is 0.132 e. The van der Waals surface area contributed by atoms with Gasteiger partial charge in [0.2, 0.25) is 0 Å². The summed E-state index contributed by atoms with van der Waals surface area (Å²) in [7, 11) is 0. The van der Waals surface area contributed by atoms with Gasteiger partial charge in [0.15, 0.2) is 0 Å². The summed E-state index contributed by atoms with van der Waals surface area (Å²) < 4.78 is 0. The van der Waals surface area contributed by atoms with Crippen LogP contribution in [0.1, 0.15) is 31.9 Å². The Balaban J connectivity index is 1.51. The molecule has 1 saturated heterocycles. The number of hydrogen-bond donors (Lipinski definition) is 0. The van der Waals surface area contributed by atoms with E-state index < -0.39 is 0 Å². The summed E-state index contributed by atoms with van der Waals surface area (Å²) in [4.78, 5) is 13.8.